The lowest BCUT2D eigenvalue weighted by Gasteiger charge is -2.12. The number of para-hydroxylation sites is 1. The standard InChI is InChI=1S/C27H28N2O4.C2H6/c1-17(2)9-23-13-21-10-18(16-32-25-6-4-3-5-20(25)14-26(30)31)11-24(27(21)33-23)19-7-8-29-22(12-19)15-28;1-2/h3-8,10-13,17H,9,14-16,28H2,1-2H3,(H,30,31);1-2H3. The maximum atomic E-state index is 11.2. The Morgan fingerprint density at radius 2 is 1.89 bits per heavy atom. The van der Waals surface area contributed by atoms with Crippen LogP contribution in [0.2, 0.25) is 0 Å². The predicted octanol–water partition coefficient (Wildman–Crippen LogP) is 6.38. The summed E-state index contributed by atoms with van der Waals surface area (Å²) in [6, 6.07) is 17.4. The van der Waals surface area contributed by atoms with Crippen LogP contribution in [0, 0.1) is 5.92 Å². The minimum atomic E-state index is -0.890. The van der Waals surface area contributed by atoms with Gasteiger partial charge in [-0.2, -0.15) is 0 Å². The molecule has 0 bridgehead atoms. The molecule has 2 aromatic carbocycles. The Bertz CT molecular complexity index is 1280. The number of nitrogens with zero attached hydrogens (tertiary/aromatic N) is 1. The molecule has 0 aliphatic rings. The molecule has 184 valence electrons. The highest BCUT2D eigenvalue weighted by atomic mass is 16.5. The maximum Gasteiger partial charge on any atom is 0.307 e. The molecular formula is C29H34N2O4. The van der Waals surface area contributed by atoms with Crippen LogP contribution in [0.5, 0.6) is 5.75 Å². The van der Waals surface area contributed by atoms with Crippen molar-refractivity contribution in [1.82, 2.24) is 4.98 Å². The van der Waals surface area contributed by atoms with Crippen LogP contribution in [0.15, 0.2) is 65.2 Å². The van der Waals surface area contributed by atoms with Crippen LogP contribution in [0.25, 0.3) is 22.1 Å². The first-order valence-electron chi connectivity index (χ1n) is 12.1. The second kappa shape index (κ2) is 12.2. The fourth-order valence-corrected chi connectivity index (χ4v) is 3.94. The number of fused-ring (bicyclic) bond motifs is 1. The quantitative estimate of drug-likeness (QED) is 0.292. The molecule has 0 aliphatic heterocycles. The molecule has 4 rings (SSSR count). The van der Waals surface area contributed by atoms with E-state index in [0.29, 0.717) is 30.4 Å². The number of furan rings is 1. The van der Waals surface area contributed by atoms with Gasteiger partial charge in [0.1, 0.15) is 23.7 Å². The van der Waals surface area contributed by atoms with Crippen LogP contribution in [0.4, 0.5) is 0 Å². The highest BCUT2D eigenvalue weighted by Gasteiger charge is 2.15. The largest absolute Gasteiger partial charge is 0.489 e. The van der Waals surface area contributed by atoms with Gasteiger partial charge in [0.2, 0.25) is 0 Å². The van der Waals surface area contributed by atoms with Crippen molar-refractivity contribution < 1.29 is 19.1 Å². The van der Waals surface area contributed by atoms with Crippen molar-refractivity contribution in [2.45, 2.75) is 53.7 Å². The van der Waals surface area contributed by atoms with Gasteiger partial charge in [0.05, 0.1) is 12.1 Å². The molecule has 3 N–H and O–H groups in total. The predicted molar refractivity (Wildman–Crippen MR) is 139 cm³/mol. The van der Waals surface area contributed by atoms with E-state index < -0.39 is 5.97 Å². The molecule has 0 fully saturated rings. The van der Waals surface area contributed by atoms with Gasteiger partial charge in [-0.15, -0.1) is 0 Å². The number of pyridine rings is 1. The van der Waals surface area contributed by atoms with Gasteiger partial charge < -0.3 is 20.0 Å². The third-order valence-corrected chi connectivity index (χ3v) is 5.38. The summed E-state index contributed by atoms with van der Waals surface area (Å²) in [6.45, 7) is 8.99. The highest BCUT2D eigenvalue weighted by Crippen LogP contribution is 2.34. The van der Waals surface area contributed by atoms with Crippen molar-refractivity contribution in [2.75, 3.05) is 0 Å². The Morgan fingerprint density at radius 1 is 1.11 bits per heavy atom. The molecule has 0 atom stereocenters. The van der Waals surface area contributed by atoms with Gasteiger partial charge >= 0.3 is 5.97 Å². The van der Waals surface area contributed by atoms with Crippen molar-refractivity contribution >= 4 is 16.9 Å². The van der Waals surface area contributed by atoms with Gasteiger partial charge in [-0.1, -0.05) is 45.9 Å². The molecule has 0 saturated heterocycles. The summed E-state index contributed by atoms with van der Waals surface area (Å²) < 4.78 is 12.3. The summed E-state index contributed by atoms with van der Waals surface area (Å²) >= 11 is 0. The summed E-state index contributed by atoms with van der Waals surface area (Å²) in [5.74, 6) is 1.11. The van der Waals surface area contributed by atoms with Crippen LogP contribution in [-0.4, -0.2) is 16.1 Å². The van der Waals surface area contributed by atoms with Crippen molar-refractivity contribution in [3.05, 3.63) is 83.4 Å². The average Bonchev–Trinajstić information content (AvgIpc) is 3.25. The summed E-state index contributed by atoms with van der Waals surface area (Å²) in [4.78, 5) is 15.5. The van der Waals surface area contributed by atoms with E-state index >= 15 is 0 Å². The van der Waals surface area contributed by atoms with E-state index in [1.807, 2.05) is 38.1 Å². The van der Waals surface area contributed by atoms with E-state index in [1.54, 1.807) is 18.3 Å². The lowest BCUT2D eigenvalue weighted by atomic mass is 10.0. The number of carboxylic acid groups (broad SMARTS) is 1. The summed E-state index contributed by atoms with van der Waals surface area (Å²) in [7, 11) is 0. The Balaban J connectivity index is 0.00000167. The van der Waals surface area contributed by atoms with Crippen LogP contribution in [-0.2, 0) is 30.8 Å². The summed E-state index contributed by atoms with van der Waals surface area (Å²) in [5, 5.41) is 10.2. The van der Waals surface area contributed by atoms with Crippen molar-refractivity contribution in [1.29, 1.82) is 0 Å². The van der Waals surface area contributed by atoms with Gasteiger partial charge in [0.25, 0.3) is 0 Å². The van der Waals surface area contributed by atoms with E-state index in [1.165, 1.54) is 0 Å². The summed E-state index contributed by atoms with van der Waals surface area (Å²) in [6.07, 6.45) is 2.53. The van der Waals surface area contributed by atoms with Gasteiger partial charge in [0, 0.05) is 35.7 Å². The normalized spacial score (nSPS) is 10.8. The fourth-order valence-electron chi connectivity index (χ4n) is 3.94. The topological polar surface area (TPSA) is 98.6 Å². The number of carbonyl (C=O) groups is 1. The molecule has 0 amide bonds. The van der Waals surface area contributed by atoms with Crippen molar-refractivity contribution in [3.63, 3.8) is 0 Å². The fraction of sp³-hybridized carbons (Fsp3) is 0.310. The molecular weight excluding hydrogens is 440 g/mol. The first-order valence-corrected chi connectivity index (χ1v) is 12.1. The third kappa shape index (κ3) is 6.70. The first-order chi connectivity index (χ1) is 16.9. The second-order valence-electron chi connectivity index (χ2n) is 8.58. The minimum Gasteiger partial charge on any atom is -0.489 e. The lowest BCUT2D eigenvalue weighted by Crippen LogP contribution is -2.04. The molecule has 0 radical (unpaired) electrons. The monoisotopic (exact) mass is 474 g/mol. The average molecular weight is 475 g/mol. The van der Waals surface area contributed by atoms with Crippen LogP contribution >= 0.6 is 0 Å². The SMILES string of the molecule is CC.CC(C)Cc1cc2cc(COc3ccccc3CC(=O)O)cc(-c3ccnc(CN)c3)c2o1. The Labute approximate surface area is 206 Å². The van der Waals surface area contributed by atoms with E-state index in [2.05, 4.69) is 37.0 Å². The zero-order valence-electron chi connectivity index (χ0n) is 20.9. The second-order valence-corrected chi connectivity index (χ2v) is 8.58. The van der Waals surface area contributed by atoms with E-state index in [0.717, 1.165) is 45.5 Å². The number of nitrogens with two attached hydrogens (primary N) is 1. The lowest BCUT2D eigenvalue weighted by molar-refractivity contribution is -0.136. The van der Waals surface area contributed by atoms with Gasteiger partial charge in [-0.25, -0.2) is 0 Å². The number of rotatable bonds is 9. The Morgan fingerprint density at radius 3 is 2.60 bits per heavy atom. The molecule has 4 aromatic rings. The Hall–Kier alpha value is -3.64. The molecule has 0 unspecified atom stereocenters. The molecule has 0 aliphatic carbocycles. The Kier molecular flexibility index (Phi) is 9.04. The van der Waals surface area contributed by atoms with Gasteiger partial charge in [-0.3, -0.25) is 9.78 Å². The van der Waals surface area contributed by atoms with E-state index in [4.69, 9.17) is 14.9 Å². The van der Waals surface area contributed by atoms with Crippen molar-refractivity contribution in [2.24, 2.45) is 11.7 Å². The highest BCUT2D eigenvalue weighted by molar-refractivity contribution is 5.93. The molecule has 0 spiro atoms. The molecule has 6 nitrogen and oxygen atoms in total. The number of hydrogen-bond donors (Lipinski definition) is 2. The smallest absolute Gasteiger partial charge is 0.307 e. The minimum absolute atomic E-state index is 0.0837. The zero-order valence-corrected chi connectivity index (χ0v) is 20.9. The molecule has 2 heterocycles. The van der Waals surface area contributed by atoms with Crippen molar-refractivity contribution in [3.8, 4) is 16.9 Å². The van der Waals surface area contributed by atoms with Crippen LogP contribution < -0.4 is 10.5 Å². The number of carboxylic acids is 1. The molecule has 35 heavy (non-hydrogen) atoms. The van der Waals surface area contributed by atoms with Crippen LogP contribution in [0.3, 0.4) is 0 Å². The first kappa shape index (κ1) is 26.0. The van der Waals surface area contributed by atoms with E-state index in [9.17, 15) is 9.90 Å². The number of benzene rings is 2. The zero-order chi connectivity index (χ0) is 25.4. The molecule has 6 heteroatoms. The number of ether oxygens (including phenoxy) is 1. The third-order valence-electron chi connectivity index (χ3n) is 5.38. The van der Waals surface area contributed by atoms with E-state index in [-0.39, 0.29) is 6.42 Å². The number of hydrogen-bond acceptors (Lipinski definition) is 5. The van der Waals surface area contributed by atoms with Gasteiger partial charge in [-0.05, 0) is 53.4 Å². The van der Waals surface area contributed by atoms with Gasteiger partial charge in [0.15, 0.2) is 0 Å². The molecule has 0 saturated carbocycles. The maximum absolute atomic E-state index is 11.2. The van der Waals surface area contributed by atoms with Crippen LogP contribution in [0.1, 0.15) is 50.3 Å². The summed E-state index contributed by atoms with van der Waals surface area (Å²) in [5.41, 5.74) is 11.0. The molecule has 2 aromatic heterocycles. The number of aromatic nitrogens is 1. The number of aliphatic carboxylic acids is 1.